The van der Waals surface area contributed by atoms with Gasteiger partial charge in [0.15, 0.2) is 0 Å². The molecule has 0 radical (unpaired) electrons. The molecule has 0 unspecified atom stereocenters. The molecule has 1 aromatic carbocycles. The van der Waals surface area contributed by atoms with Crippen LogP contribution in [0, 0.1) is 10.8 Å². The van der Waals surface area contributed by atoms with Gasteiger partial charge in [0.05, 0.1) is 29.8 Å². The third-order valence-electron chi connectivity index (χ3n) is 5.58. The molecule has 0 fully saturated rings. The zero-order valence-corrected chi connectivity index (χ0v) is 26.3. The molecule has 2 aromatic rings. The Morgan fingerprint density at radius 1 is 0.846 bits per heavy atom. The van der Waals surface area contributed by atoms with Gasteiger partial charge in [-0.05, 0) is 64.2 Å². The zero-order valence-electron chi connectivity index (χ0n) is 26.3. The van der Waals surface area contributed by atoms with Crippen molar-refractivity contribution in [1.82, 2.24) is 9.97 Å². The fourth-order valence-electron chi connectivity index (χ4n) is 3.10. The van der Waals surface area contributed by atoms with Gasteiger partial charge in [0.25, 0.3) is 5.92 Å². The average molecular weight is 553 g/mol. The molecule has 0 aliphatic heterocycles. The highest BCUT2D eigenvalue weighted by atomic mass is 19.3. The number of para-hydroxylation sites is 2. The quantitative estimate of drug-likeness (QED) is 0.275. The summed E-state index contributed by atoms with van der Waals surface area (Å²) in [6.07, 6.45) is 4.47. The van der Waals surface area contributed by atoms with Crippen molar-refractivity contribution in [3.63, 3.8) is 0 Å². The molecule has 0 saturated carbocycles. The molecular weight excluding hydrogens is 494 g/mol. The van der Waals surface area contributed by atoms with Gasteiger partial charge in [-0.25, -0.2) is 18.7 Å². The Morgan fingerprint density at radius 2 is 1.36 bits per heavy atom. The fraction of sp³-hybridized carbons (Fsp3) is 0.697. The predicted molar refractivity (Wildman–Crippen MR) is 165 cm³/mol. The van der Waals surface area contributed by atoms with Crippen molar-refractivity contribution in [3.8, 4) is 5.88 Å². The van der Waals surface area contributed by atoms with Gasteiger partial charge in [0, 0.05) is 11.3 Å². The highest BCUT2D eigenvalue weighted by Crippen LogP contribution is 2.37. The van der Waals surface area contributed by atoms with E-state index in [2.05, 4.69) is 37.7 Å². The largest absolute Gasteiger partial charge is 0.474 e. The minimum absolute atomic E-state index is 0. The van der Waals surface area contributed by atoms with Crippen LogP contribution in [0.5, 0.6) is 5.88 Å². The smallest absolute Gasteiger partial charge is 0.271 e. The van der Waals surface area contributed by atoms with Crippen LogP contribution in [0.15, 0.2) is 36.4 Å². The molecule has 0 aliphatic rings. The van der Waals surface area contributed by atoms with E-state index in [0.717, 1.165) is 29.2 Å². The maximum Gasteiger partial charge on any atom is 0.271 e. The number of hydrogen-bond donors (Lipinski definition) is 0. The third kappa shape index (κ3) is 14.8. The number of alkyl halides is 2. The number of ether oxygens (including phenoxy) is 2. The Morgan fingerprint density at radius 3 is 1.79 bits per heavy atom. The molecule has 39 heavy (non-hydrogen) atoms. The van der Waals surface area contributed by atoms with Crippen LogP contribution in [0.2, 0.25) is 0 Å². The maximum atomic E-state index is 13.7. The van der Waals surface area contributed by atoms with E-state index in [4.69, 9.17) is 9.47 Å². The Bertz CT molecular complexity index is 962. The number of hydrogen-bond acceptors (Lipinski definition) is 4. The van der Waals surface area contributed by atoms with Crippen molar-refractivity contribution in [2.24, 2.45) is 10.8 Å². The lowest BCUT2D eigenvalue weighted by molar-refractivity contribution is -0.0502. The summed E-state index contributed by atoms with van der Waals surface area (Å²) in [4.78, 5) is 9.19. The Kier molecular flexibility index (Phi) is 17.6. The van der Waals surface area contributed by atoms with Gasteiger partial charge in [0.2, 0.25) is 5.88 Å². The van der Waals surface area contributed by atoms with Gasteiger partial charge in [-0.3, -0.25) is 0 Å². The Hall–Kier alpha value is -2.08. The van der Waals surface area contributed by atoms with Gasteiger partial charge >= 0.3 is 0 Å². The second-order valence-corrected chi connectivity index (χ2v) is 12.1. The molecule has 1 aromatic heterocycles. The molecule has 0 amide bonds. The lowest BCUT2D eigenvalue weighted by Crippen LogP contribution is -2.31. The first kappa shape index (κ1) is 39.1. The molecule has 0 bridgehead atoms. The molecular formula is C33H58F2N2O2. The normalized spacial score (nSPS) is 12.3. The van der Waals surface area contributed by atoms with E-state index in [1.807, 2.05) is 65.8 Å². The SMILES string of the molecule is C.CC.CC(C)OCC(C)(C)CC/C=C/C(F)(F)C(C)(C)C.CC(C)Oc1nc2ccccc2nc1C(C)C. The van der Waals surface area contributed by atoms with Gasteiger partial charge in [0.1, 0.15) is 5.69 Å². The van der Waals surface area contributed by atoms with Crippen molar-refractivity contribution in [2.45, 2.75) is 134 Å². The van der Waals surface area contributed by atoms with E-state index in [-0.39, 0.29) is 25.0 Å². The third-order valence-corrected chi connectivity index (χ3v) is 5.58. The summed E-state index contributed by atoms with van der Waals surface area (Å²) in [5, 5.41) is 0. The Labute approximate surface area is 239 Å². The Balaban J connectivity index is 0. The molecule has 2 rings (SSSR count). The van der Waals surface area contributed by atoms with E-state index in [1.165, 1.54) is 0 Å². The molecule has 0 N–H and O–H groups in total. The number of rotatable bonds is 10. The highest BCUT2D eigenvalue weighted by molar-refractivity contribution is 5.74. The second kappa shape index (κ2) is 17.6. The molecule has 4 nitrogen and oxygen atoms in total. The molecule has 1 heterocycles. The first-order chi connectivity index (χ1) is 17.4. The van der Waals surface area contributed by atoms with Gasteiger partial charge in [-0.15, -0.1) is 0 Å². The average Bonchev–Trinajstić information content (AvgIpc) is 2.81. The molecule has 226 valence electrons. The summed E-state index contributed by atoms with van der Waals surface area (Å²) in [5.41, 5.74) is 1.73. The lowest BCUT2D eigenvalue weighted by Gasteiger charge is -2.28. The maximum absolute atomic E-state index is 13.7. The first-order valence-corrected chi connectivity index (χ1v) is 14.1. The molecule has 0 aliphatic carbocycles. The van der Waals surface area contributed by atoms with Crippen molar-refractivity contribution in [1.29, 1.82) is 0 Å². The lowest BCUT2D eigenvalue weighted by atomic mass is 9.86. The van der Waals surface area contributed by atoms with E-state index in [1.54, 1.807) is 26.8 Å². The predicted octanol–water partition coefficient (Wildman–Crippen LogP) is 10.7. The molecule has 0 saturated heterocycles. The van der Waals surface area contributed by atoms with Crippen LogP contribution in [0.25, 0.3) is 11.0 Å². The number of aromatic nitrogens is 2. The van der Waals surface area contributed by atoms with Gasteiger partial charge in [-0.1, -0.05) is 87.9 Å². The summed E-state index contributed by atoms with van der Waals surface area (Å²) in [7, 11) is 0. The number of benzene rings is 1. The van der Waals surface area contributed by atoms with Crippen molar-refractivity contribution in [2.75, 3.05) is 6.61 Å². The van der Waals surface area contributed by atoms with Crippen LogP contribution in [-0.4, -0.2) is 34.7 Å². The number of nitrogens with zero attached hydrogens (tertiary/aromatic N) is 2. The standard InChI is InChI=1S/C16H30F2O.C14H18N2O.C2H6.CH4/c1-13(2)19-12-15(6,7)10-8-9-11-16(17,18)14(3,4)5;1-9(2)13-14(17-10(3)4)16-12-8-6-5-7-11(12)15-13;1-2;/h9,11,13H,8,10,12H2,1-7H3;5-10H,1-4H3;1-2H3;1H4/b11-9+;;;. The summed E-state index contributed by atoms with van der Waals surface area (Å²) in [6.45, 7) is 25.7. The summed E-state index contributed by atoms with van der Waals surface area (Å²) >= 11 is 0. The highest BCUT2D eigenvalue weighted by Gasteiger charge is 2.40. The van der Waals surface area contributed by atoms with E-state index >= 15 is 0 Å². The first-order valence-electron chi connectivity index (χ1n) is 14.1. The topological polar surface area (TPSA) is 44.2 Å². The van der Waals surface area contributed by atoms with E-state index in [9.17, 15) is 8.78 Å². The van der Waals surface area contributed by atoms with Gasteiger partial charge < -0.3 is 9.47 Å². The minimum Gasteiger partial charge on any atom is -0.474 e. The van der Waals surface area contributed by atoms with Crippen LogP contribution in [-0.2, 0) is 4.74 Å². The van der Waals surface area contributed by atoms with E-state index in [0.29, 0.717) is 24.8 Å². The van der Waals surface area contributed by atoms with E-state index < -0.39 is 11.3 Å². The van der Waals surface area contributed by atoms with Crippen LogP contribution in [0.1, 0.15) is 122 Å². The van der Waals surface area contributed by atoms with Crippen molar-refractivity contribution in [3.05, 3.63) is 42.1 Å². The monoisotopic (exact) mass is 552 g/mol. The van der Waals surface area contributed by atoms with Gasteiger partial charge in [-0.2, -0.15) is 0 Å². The summed E-state index contributed by atoms with van der Waals surface area (Å²) in [5.74, 6) is -1.79. The summed E-state index contributed by atoms with van der Waals surface area (Å²) < 4.78 is 38.7. The fourth-order valence-corrected chi connectivity index (χ4v) is 3.10. The van der Waals surface area contributed by atoms with Crippen molar-refractivity contribution >= 4 is 11.0 Å². The number of fused-ring (bicyclic) bond motifs is 1. The van der Waals surface area contributed by atoms with Crippen LogP contribution in [0.4, 0.5) is 8.78 Å². The molecule has 6 heteroatoms. The number of halogens is 2. The van der Waals surface area contributed by atoms with Crippen LogP contribution >= 0.6 is 0 Å². The molecule has 0 atom stereocenters. The van der Waals surface area contributed by atoms with Crippen molar-refractivity contribution < 1.29 is 18.3 Å². The molecule has 0 spiro atoms. The van der Waals surface area contributed by atoms with Crippen LogP contribution < -0.4 is 4.74 Å². The summed E-state index contributed by atoms with van der Waals surface area (Å²) in [6, 6.07) is 7.88. The number of allylic oxidation sites excluding steroid dienone is 2. The second-order valence-electron chi connectivity index (χ2n) is 12.1. The minimum atomic E-state index is -2.76. The van der Waals surface area contributed by atoms with Crippen LogP contribution in [0.3, 0.4) is 0 Å². The zero-order chi connectivity index (χ0) is 29.7.